The van der Waals surface area contributed by atoms with Gasteiger partial charge in [0.1, 0.15) is 17.0 Å². The number of rotatable bonds is 2. The molecule has 4 nitrogen and oxygen atoms in total. The molecule has 1 aromatic heterocycles. The Labute approximate surface area is 100 Å². The van der Waals surface area contributed by atoms with E-state index >= 15 is 0 Å². The third kappa shape index (κ3) is 1.75. The molecule has 0 fully saturated rings. The number of aryl methyl sites for hydroxylation is 1. The van der Waals surface area contributed by atoms with E-state index in [9.17, 15) is 0 Å². The molecule has 0 radical (unpaired) electrons. The highest BCUT2D eigenvalue weighted by atomic mass is 16.5. The van der Waals surface area contributed by atoms with Crippen LogP contribution >= 0.6 is 0 Å². The fraction of sp³-hybridized carbons (Fsp3) is 0.308. The van der Waals surface area contributed by atoms with Crippen LogP contribution in [0.25, 0.3) is 10.9 Å². The number of aromatic nitrogens is 1. The van der Waals surface area contributed by atoms with Crippen LogP contribution in [0, 0.1) is 13.8 Å². The van der Waals surface area contributed by atoms with Crippen LogP contribution in [0.5, 0.6) is 11.5 Å². The fourth-order valence-electron chi connectivity index (χ4n) is 1.83. The van der Waals surface area contributed by atoms with Crippen LogP contribution in [0.2, 0.25) is 0 Å². The van der Waals surface area contributed by atoms with Crippen molar-refractivity contribution in [2.75, 3.05) is 20.0 Å². The Kier molecular flexibility index (Phi) is 2.79. The van der Waals surface area contributed by atoms with Gasteiger partial charge in [-0.3, -0.25) is 0 Å². The third-order valence-electron chi connectivity index (χ3n) is 3.02. The van der Waals surface area contributed by atoms with Crippen molar-refractivity contribution in [1.29, 1.82) is 0 Å². The summed E-state index contributed by atoms with van der Waals surface area (Å²) in [4.78, 5) is 4.52. The first-order valence-electron chi connectivity index (χ1n) is 5.37. The smallest absolute Gasteiger partial charge is 0.148 e. The highest BCUT2D eigenvalue weighted by Crippen LogP contribution is 2.34. The molecule has 4 heteroatoms. The van der Waals surface area contributed by atoms with Gasteiger partial charge in [0, 0.05) is 22.8 Å². The van der Waals surface area contributed by atoms with Gasteiger partial charge < -0.3 is 15.2 Å². The molecular weight excluding hydrogens is 216 g/mol. The van der Waals surface area contributed by atoms with E-state index in [4.69, 9.17) is 15.2 Å². The lowest BCUT2D eigenvalue weighted by Gasteiger charge is -2.12. The average Bonchev–Trinajstić information content (AvgIpc) is 2.35. The molecule has 17 heavy (non-hydrogen) atoms. The predicted molar refractivity (Wildman–Crippen MR) is 68.7 cm³/mol. The summed E-state index contributed by atoms with van der Waals surface area (Å²) in [5, 5.41) is 0.865. The molecule has 0 amide bonds. The van der Waals surface area contributed by atoms with Crippen LogP contribution in [0.1, 0.15) is 11.3 Å². The van der Waals surface area contributed by atoms with Crippen molar-refractivity contribution in [3.05, 3.63) is 23.4 Å². The first-order valence-corrected chi connectivity index (χ1v) is 5.37. The van der Waals surface area contributed by atoms with Gasteiger partial charge in [0.2, 0.25) is 0 Å². The van der Waals surface area contributed by atoms with Gasteiger partial charge in [0.05, 0.1) is 14.2 Å². The van der Waals surface area contributed by atoms with Crippen LogP contribution in [-0.2, 0) is 0 Å². The number of pyridine rings is 1. The Morgan fingerprint density at radius 1 is 1.12 bits per heavy atom. The van der Waals surface area contributed by atoms with E-state index in [-0.39, 0.29) is 0 Å². The molecule has 2 rings (SSSR count). The third-order valence-corrected chi connectivity index (χ3v) is 3.02. The highest BCUT2D eigenvalue weighted by molar-refractivity contribution is 5.96. The SMILES string of the molecule is COc1cc(OC)c2nc(C)c(C)c(N)c2c1. The summed E-state index contributed by atoms with van der Waals surface area (Å²) in [5.41, 5.74) is 9.52. The number of hydrogen-bond donors (Lipinski definition) is 1. The highest BCUT2D eigenvalue weighted by Gasteiger charge is 2.12. The van der Waals surface area contributed by atoms with Crippen molar-refractivity contribution in [2.45, 2.75) is 13.8 Å². The maximum atomic E-state index is 6.12. The lowest BCUT2D eigenvalue weighted by molar-refractivity contribution is 0.397. The summed E-state index contributed by atoms with van der Waals surface area (Å²) in [6.45, 7) is 3.90. The fourth-order valence-corrected chi connectivity index (χ4v) is 1.83. The number of nitrogens with zero attached hydrogens (tertiary/aromatic N) is 1. The first kappa shape index (κ1) is 11.5. The van der Waals surface area contributed by atoms with Gasteiger partial charge in [0.15, 0.2) is 0 Å². The van der Waals surface area contributed by atoms with Crippen molar-refractivity contribution in [3.63, 3.8) is 0 Å². The standard InChI is InChI=1S/C13H16N2O2/c1-7-8(2)15-13-10(12(7)14)5-9(16-3)6-11(13)17-4/h5-6H,1-4H3,(H2,14,15). The first-order chi connectivity index (χ1) is 8.08. The summed E-state index contributed by atoms with van der Waals surface area (Å²) in [6, 6.07) is 3.69. The maximum absolute atomic E-state index is 6.12. The summed E-state index contributed by atoms with van der Waals surface area (Å²) in [5.74, 6) is 1.39. The molecule has 1 aromatic carbocycles. The van der Waals surface area contributed by atoms with Crippen LogP contribution in [-0.4, -0.2) is 19.2 Å². The summed E-state index contributed by atoms with van der Waals surface area (Å²) in [7, 11) is 3.23. The summed E-state index contributed by atoms with van der Waals surface area (Å²) >= 11 is 0. The second-order valence-corrected chi connectivity index (χ2v) is 3.96. The van der Waals surface area contributed by atoms with E-state index in [0.29, 0.717) is 11.5 Å². The molecule has 0 saturated heterocycles. The monoisotopic (exact) mass is 232 g/mol. The van der Waals surface area contributed by atoms with E-state index in [2.05, 4.69) is 4.98 Å². The molecule has 90 valence electrons. The molecule has 1 heterocycles. The lowest BCUT2D eigenvalue weighted by atomic mass is 10.1. The second kappa shape index (κ2) is 4.13. The average molecular weight is 232 g/mol. The van der Waals surface area contributed by atoms with Crippen LogP contribution in [0.3, 0.4) is 0 Å². The Morgan fingerprint density at radius 3 is 2.41 bits per heavy atom. The van der Waals surface area contributed by atoms with Crippen LogP contribution < -0.4 is 15.2 Å². The van der Waals surface area contributed by atoms with Gasteiger partial charge >= 0.3 is 0 Å². The maximum Gasteiger partial charge on any atom is 0.148 e. The molecule has 2 aromatic rings. The van der Waals surface area contributed by atoms with E-state index in [1.165, 1.54) is 0 Å². The molecule has 0 aliphatic rings. The quantitative estimate of drug-likeness (QED) is 0.864. The summed E-state index contributed by atoms with van der Waals surface area (Å²) < 4.78 is 10.5. The van der Waals surface area contributed by atoms with E-state index in [1.54, 1.807) is 14.2 Å². The molecule has 0 saturated carbocycles. The minimum absolute atomic E-state index is 0.675. The van der Waals surface area contributed by atoms with Crippen molar-refractivity contribution >= 4 is 16.6 Å². The van der Waals surface area contributed by atoms with Gasteiger partial charge in [-0.2, -0.15) is 0 Å². The molecule has 0 atom stereocenters. The van der Waals surface area contributed by atoms with Gasteiger partial charge in [0.25, 0.3) is 0 Å². The zero-order valence-corrected chi connectivity index (χ0v) is 10.5. The zero-order valence-electron chi connectivity index (χ0n) is 10.5. The Balaban J connectivity index is 2.89. The minimum Gasteiger partial charge on any atom is -0.497 e. The lowest BCUT2D eigenvalue weighted by Crippen LogP contribution is -1.99. The molecule has 2 N–H and O–H groups in total. The minimum atomic E-state index is 0.675. The number of ether oxygens (including phenoxy) is 2. The molecule has 0 aliphatic heterocycles. The molecular formula is C13H16N2O2. The van der Waals surface area contributed by atoms with Crippen molar-refractivity contribution in [1.82, 2.24) is 4.98 Å². The van der Waals surface area contributed by atoms with Gasteiger partial charge in [-0.25, -0.2) is 4.98 Å². The van der Waals surface area contributed by atoms with Crippen molar-refractivity contribution in [2.24, 2.45) is 0 Å². The Morgan fingerprint density at radius 2 is 1.82 bits per heavy atom. The number of nitrogens with two attached hydrogens (primary N) is 1. The number of methoxy groups -OCH3 is 2. The number of fused-ring (bicyclic) bond motifs is 1. The number of benzene rings is 1. The van der Waals surface area contributed by atoms with Gasteiger partial charge in [-0.1, -0.05) is 0 Å². The number of hydrogen-bond acceptors (Lipinski definition) is 4. The Bertz CT molecular complexity index is 579. The summed E-state index contributed by atoms with van der Waals surface area (Å²) in [6.07, 6.45) is 0. The molecule has 0 bridgehead atoms. The molecule has 0 unspecified atom stereocenters. The number of anilines is 1. The number of nitrogen functional groups attached to an aromatic ring is 1. The predicted octanol–water partition coefficient (Wildman–Crippen LogP) is 2.45. The van der Waals surface area contributed by atoms with Crippen molar-refractivity contribution in [3.8, 4) is 11.5 Å². The van der Waals surface area contributed by atoms with Crippen molar-refractivity contribution < 1.29 is 9.47 Å². The van der Waals surface area contributed by atoms with Gasteiger partial charge in [-0.15, -0.1) is 0 Å². The topological polar surface area (TPSA) is 57.4 Å². The normalized spacial score (nSPS) is 10.6. The Hall–Kier alpha value is -1.97. The van der Waals surface area contributed by atoms with Gasteiger partial charge in [-0.05, 0) is 25.5 Å². The van der Waals surface area contributed by atoms with Crippen LogP contribution in [0.4, 0.5) is 5.69 Å². The molecule has 0 spiro atoms. The largest absolute Gasteiger partial charge is 0.497 e. The van der Waals surface area contributed by atoms with E-state index in [1.807, 2.05) is 26.0 Å². The van der Waals surface area contributed by atoms with Crippen LogP contribution in [0.15, 0.2) is 12.1 Å². The molecule has 0 aliphatic carbocycles. The van der Waals surface area contributed by atoms with E-state index in [0.717, 1.165) is 27.8 Å². The van der Waals surface area contributed by atoms with E-state index < -0.39 is 0 Å². The second-order valence-electron chi connectivity index (χ2n) is 3.96. The zero-order chi connectivity index (χ0) is 12.6.